The number of hydrogen-bond acceptors (Lipinski definition) is 14. The molecule has 0 aliphatic carbocycles. The summed E-state index contributed by atoms with van der Waals surface area (Å²) in [6.07, 6.45) is 7.79. The molecule has 1 fully saturated rings. The highest BCUT2D eigenvalue weighted by atomic mass is 35.5. The third kappa shape index (κ3) is 12.8. The van der Waals surface area contributed by atoms with Crippen LogP contribution in [-0.4, -0.2) is 72.7 Å². The van der Waals surface area contributed by atoms with Crippen molar-refractivity contribution in [2.75, 3.05) is 63.3 Å². The van der Waals surface area contributed by atoms with Crippen molar-refractivity contribution in [2.45, 2.75) is 12.8 Å². The van der Waals surface area contributed by atoms with E-state index in [-0.39, 0.29) is 5.91 Å². The van der Waals surface area contributed by atoms with E-state index in [9.17, 15) is 9.59 Å². The Morgan fingerprint density at radius 1 is 0.672 bits per heavy atom. The highest BCUT2D eigenvalue weighted by Crippen LogP contribution is 2.36. The maximum absolute atomic E-state index is 11.5. The molecule has 0 unspecified atom stereocenters. The molecular weight excluding hydrogens is 764 g/mol. The van der Waals surface area contributed by atoms with Crippen LogP contribution in [0.4, 0.5) is 34.4 Å². The number of anilines is 6. The number of ether oxygens (including phenoxy) is 5. The number of nitrogens with one attached hydrogen (secondary N) is 3. The zero-order chi connectivity index (χ0) is 41.9. The average molecular weight is 809 g/mol. The third-order valence-electron chi connectivity index (χ3n) is 8.00. The number of nitrogens with two attached hydrogens (primary N) is 1. The summed E-state index contributed by atoms with van der Waals surface area (Å²) in [4.78, 5) is 38.1. The van der Waals surface area contributed by atoms with Crippen LogP contribution in [0.15, 0.2) is 111 Å². The third-order valence-corrected chi connectivity index (χ3v) is 8.15. The van der Waals surface area contributed by atoms with E-state index in [2.05, 4.69) is 49.0 Å². The maximum atomic E-state index is 11.5. The van der Waals surface area contributed by atoms with Crippen molar-refractivity contribution in [1.29, 1.82) is 0 Å². The van der Waals surface area contributed by atoms with Gasteiger partial charge in [-0.25, -0.2) is 19.9 Å². The number of hydrogen-bond donors (Lipinski definition) is 4. The van der Waals surface area contributed by atoms with Gasteiger partial charge in [0.25, 0.3) is 0 Å². The largest absolute Gasteiger partial charge is 0.493 e. The summed E-state index contributed by atoms with van der Waals surface area (Å²) in [5.41, 5.74) is 10.2. The lowest BCUT2D eigenvalue weighted by atomic mass is 10.2. The minimum absolute atomic E-state index is 0.272. The fourth-order valence-corrected chi connectivity index (χ4v) is 5.23. The monoisotopic (exact) mass is 808 g/mol. The number of methoxy groups -OCH3 is 4. The van der Waals surface area contributed by atoms with Crippen molar-refractivity contribution in [3.05, 3.63) is 111 Å². The molecule has 5 N–H and O–H groups in total. The topological polar surface area (TPSA) is 194 Å². The van der Waals surface area contributed by atoms with Gasteiger partial charge in [-0.2, -0.15) is 0 Å². The number of carbonyl (C=O) groups is 2. The standard InChI is InChI=1S/C19H18N4O3.C16H16N4O2.C4H8O.C3H3ClO/c1-4-18(24)22-12-6-5-7-13(8-12)23-19-14-9-16(25-2)17(26-3)10-15(14)20-11-21-19;1-21-14-7-12-13(8-15(14)22-2)18-9-19-16(12)20-11-5-3-4-10(17)6-11;1-2-4-5-3-1;1-2-3(4)5/h4-11H,1H2,2-3H3,(H,22,24)(H,20,21,23);3-9H,17H2,1-2H3,(H,18,19,20);1-4H2;2H,1H2. The van der Waals surface area contributed by atoms with Crippen molar-refractivity contribution in [1.82, 2.24) is 19.9 Å². The predicted molar refractivity (Wildman–Crippen MR) is 229 cm³/mol. The summed E-state index contributed by atoms with van der Waals surface area (Å²) in [5, 5.41) is 10.3. The van der Waals surface area contributed by atoms with Crippen molar-refractivity contribution >= 4 is 78.9 Å². The average Bonchev–Trinajstić information content (AvgIpc) is 3.84. The van der Waals surface area contributed by atoms with E-state index in [1.165, 1.54) is 31.6 Å². The van der Waals surface area contributed by atoms with Crippen LogP contribution >= 0.6 is 11.6 Å². The molecule has 16 heteroatoms. The van der Waals surface area contributed by atoms with Gasteiger partial charge in [0.15, 0.2) is 23.0 Å². The van der Waals surface area contributed by atoms with Crippen LogP contribution in [-0.2, 0) is 14.3 Å². The quantitative estimate of drug-likeness (QED) is 0.0555. The molecule has 7 rings (SSSR count). The molecule has 0 radical (unpaired) electrons. The Morgan fingerprint density at radius 3 is 1.53 bits per heavy atom. The van der Waals surface area contributed by atoms with E-state index in [0.29, 0.717) is 46.0 Å². The lowest BCUT2D eigenvalue weighted by molar-refractivity contribution is -0.112. The highest BCUT2D eigenvalue weighted by Gasteiger charge is 2.13. The molecule has 1 amide bonds. The van der Waals surface area contributed by atoms with Gasteiger partial charge in [-0.1, -0.05) is 25.3 Å². The Kier molecular flexibility index (Phi) is 17.0. The van der Waals surface area contributed by atoms with Crippen LogP contribution in [0.1, 0.15) is 12.8 Å². The van der Waals surface area contributed by atoms with Crippen LogP contribution in [0.3, 0.4) is 0 Å². The van der Waals surface area contributed by atoms with E-state index >= 15 is 0 Å². The minimum atomic E-state index is -0.509. The van der Waals surface area contributed by atoms with Gasteiger partial charge in [-0.05, 0) is 85.1 Å². The molecule has 3 heterocycles. The van der Waals surface area contributed by atoms with Crippen molar-refractivity contribution in [2.24, 2.45) is 0 Å². The second-order valence-corrected chi connectivity index (χ2v) is 12.2. The Hall–Kier alpha value is -6.97. The number of halogens is 1. The van der Waals surface area contributed by atoms with Crippen LogP contribution in [0, 0.1) is 0 Å². The number of allylic oxidation sites excluding steroid dienone is 1. The van der Waals surface area contributed by atoms with Gasteiger partial charge >= 0.3 is 0 Å². The number of aromatic nitrogens is 4. The molecular formula is C42H45ClN8O7. The lowest BCUT2D eigenvalue weighted by Crippen LogP contribution is -2.07. The molecule has 0 atom stereocenters. The minimum Gasteiger partial charge on any atom is -0.493 e. The van der Waals surface area contributed by atoms with Crippen molar-refractivity contribution in [3.63, 3.8) is 0 Å². The van der Waals surface area contributed by atoms with Crippen LogP contribution < -0.4 is 40.6 Å². The van der Waals surface area contributed by atoms with Crippen molar-refractivity contribution in [3.8, 4) is 23.0 Å². The van der Waals surface area contributed by atoms with Crippen LogP contribution in [0.5, 0.6) is 23.0 Å². The van der Waals surface area contributed by atoms with E-state index in [1.54, 1.807) is 46.6 Å². The molecule has 6 aromatic rings. The second kappa shape index (κ2) is 22.6. The Morgan fingerprint density at radius 2 is 1.12 bits per heavy atom. The summed E-state index contributed by atoms with van der Waals surface area (Å²) in [6, 6.07) is 22.0. The fourth-order valence-electron chi connectivity index (χ4n) is 5.23. The lowest BCUT2D eigenvalue weighted by Gasteiger charge is -2.12. The molecule has 15 nitrogen and oxygen atoms in total. The number of fused-ring (bicyclic) bond motifs is 2. The van der Waals surface area contributed by atoms with Gasteiger partial charge in [0.2, 0.25) is 11.1 Å². The first kappa shape index (κ1) is 43.8. The van der Waals surface area contributed by atoms with Gasteiger partial charge in [0.05, 0.1) is 39.5 Å². The number of benzene rings is 4. The molecule has 1 aliphatic rings. The first-order valence-electron chi connectivity index (χ1n) is 17.7. The van der Waals surface area contributed by atoms with Crippen LogP contribution in [0.25, 0.3) is 21.8 Å². The molecule has 0 saturated carbocycles. The summed E-state index contributed by atoms with van der Waals surface area (Å²) >= 11 is 4.71. The number of nitrogen functional groups attached to an aromatic ring is 1. The first-order valence-corrected chi connectivity index (χ1v) is 18.1. The van der Waals surface area contributed by atoms with Gasteiger partial charge in [-0.15, -0.1) is 0 Å². The Bertz CT molecular complexity index is 2330. The van der Waals surface area contributed by atoms with Gasteiger partial charge < -0.3 is 45.4 Å². The fraction of sp³-hybridized carbons (Fsp3) is 0.190. The van der Waals surface area contributed by atoms with E-state index in [0.717, 1.165) is 52.5 Å². The summed E-state index contributed by atoms with van der Waals surface area (Å²) in [6.45, 7) is 8.52. The number of carbonyl (C=O) groups excluding carboxylic acids is 2. The van der Waals surface area contributed by atoms with E-state index < -0.39 is 5.24 Å². The Labute approximate surface area is 341 Å². The predicted octanol–water partition coefficient (Wildman–Crippen LogP) is 8.22. The van der Waals surface area contributed by atoms with Gasteiger partial charge in [-0.3, -0.25) is 9.59 Å². The molecule has 1 aliphatic heterocycles. The number of amides is 1. The molecule has 0 spiro atoms. The van der Waals surface area contributed by atoms with E-state index in [4.69, 9.17) is 41.0 Å². The van der Waals surface area contributed by atoms with Gasteiger partial charge in [0, 0.05) is 58.9 Å². The first-order chi connectivity index (χ1) is 28.1. The van der Waals surface area contributed by atoms with Crippen molar-refractivity contribution < 1.29 is 33.3 Å². The molecule has 58 heavy (non-hydrogen) atoms. The zero-order valence-electron chi connectivity index (χ0n) is 32.6. The Balaban J connectivity index is 0.000000209. The maximum Gasteiger partial charge on any atom is 0.247 e. The number of rotatable bonds is 11. The molecule has 4 aromatic carbocycles. The second-order valence-electron chi connectivity index (χ2n) is 11.9. The molecule has 1 saturated heterocycles. The molecule has 0 bridgehead atoms. The smallest absolute Gasteiger partial charge is 0.247 e. The molecule has 2 aromatic heterocycles. The van der Waals surface area contributed by atoms with E-state index in [1.807, 2.05) is 54.6 Å². The summed E-state index contributed by atoms with van der Waals surface area (Å²) in [7, 11) is 6.34. The van der Waals surface area contributed by atoms with Crippen LogP contribution in [0.2, 0.25) is 0 Å². The SMILES string of the molecule is C1CCOC1.C=CC(=O)Cl.C=CC(=O)Nc1cccc(Nc2ncnc3cc(OC)c(OC)cc23)c1.COc1cc2ncnc(Nc3cccc(N)c3)c2cc1OC. The summed E-state index contributed by atoms with van der Waals surface area (Å²) < 4.78 is 26.3. The summed E-state index contributed by atoms with van der Waals surface area (Å²) in [5.74, 6) is 3.46. The normalized spacial score (nSPS) is 11.2. The highest BCUT2D eigenvalue weighted by molar-refractivity contribution is 6.66. The van der Waals surface area contributed by atoms with Gasteiger partial charge in [0.1, 0.15) is 24.3 Å². The molecule has 302 valence electrons. The number of nitrogens with zero attached hydrogens (tertiary/aromatic N) is 4. The zero-order valence-corrected chi connectivity index (χ0v) is 33.3.